The first-order valence-corrected chi connectivity index (χ1v) is 7.91. The Morgan fingerprint density at radius 2 is 1.79 bits per heavy atom. The molecule has 1 N–H and O–H groups in total. The summed E-state index contributed by atoms with van der Waals surface area (Å²) in [5.41, 5.74) is 0.400. The molecule has 1 fully saturated rings. The van der Waals surface area contributed by atoms with Gasteiger partial charge < -0.3 is 10.1 Å². The first kappa shape index (κ1) is 17.0. The molecule has 1 aliphatic rings. The van der Waals surface area contributed by atoms with Crippen LogP contribution >= 0.6 is 0 Å². The third kappa shape index (κ3) is 4.75. The van der Waals surface area contributed by atoms with E-state index in [1.165, 1.54) is 19.3 Å². The van der Waals surface area contributed by atoms with Gasteiger partial charge in [-0.1, -0.05) is 27.7 Å². The van der Waals surface area contributed by atoms with E-state index in [0.717, 1.165) is 6.54 Å². The van der Waals surface area contributed by atoms with Gasteiger partial charge in [-0.05, 0) is 64.8 Å². The highest BCUT2D eigenvalue weighted by Gasteiger charge is 2.45. The summed E-state index contributed by atoms with van der Waals surface area (Å²) >= 11 is 0. The van der Waals surface area contributed by atoms with Crippen LogP contribution in [0.4, 0.5) is 0 Å². The van der Waals surface area contributed by atoms with Crippen molar-refractivity contribution in [2.24, 2.45) is 11.3 Å². The second-order valence-corrected chi connectivity index (χ2v) is 8.42. The fourth-order valence-electron chi connectivity index (χ4n) is 3.58. The topological polar surface area (TPSA) is 21.3 Å². The second kappa shape index (κ2) is 5.73. The van der Waals surface area contributed by atoms with E-state index >= 15 is 0 Å². The molecule has 0 aromatic rings. The van der Waals surface area contributed by atoms with Gasteiger partial charge in [0, 0.05) is 6.04 Å². The van der Waals surface area contributed by atoms with Crippen LogP contribution in [-0.2, 0) is 4.74 Å². The summed E-state index contributed by atoms with van der Waals surface area (Å²) in [6, 6.07) is 0.594. The highest BCUT2D eigenvalue weighted by molar-refractivity contribution is 4.95. The molecule has 114 valence electrons. The van der Waals surface area contributed by atoms with Crippen LogP contribution in [0.5, 0.6) is 0 Å². The Balaban J connectivity index is 2.60. The van der Waals surface area contributed by atoms with Gasteiger partial charge in [-0.15, -0.1) is 0 Å². The van der Waals surface area contributed by atoms with Crippen molar-refractivity contribution in [3.63, 3.8) is 0 Å². The Bertz CT molecular complexity index is 288. The van der Waals surface area contributed by atoms with Gasteiger partial charge in [-0.2, -0.15) is 0 Å². The zero-order chi connectivity index (χ0) is 14.9. The summed E-state index contributed by atoms with van der Waals surface area (Å²) in [6.45, 7) is 19.2. The van der Waals surface area contributed by atoms with E-state index < -0.39 is 0 Å². The highest BCUT2D eigenvalue weighted by atomic mass is 16.5. The smallest absolute Gasteiger partial charge is 0.0662 e. The van der Waals surface area contributed by atoms with E-state index in [2.05, 4.69) is 60.7 Å². The van der Waals surface area contributed by atoms with E-state index in [-0.39, 0.29) is 11.2 Å². The predicted molar refractivity (Wildman–Crippen MR) is 83.5 cm³/mol. The first-order chi connectivity index (χ1) is 8.48. The van der Waals surface area contributed by atoms with Crippen molar-refractivity contribution in [3.8, 4) is 0 Å². The number of hydrogen-bond donors (Lipinski definition) is 1. The minimum absolute atomic E-state index is 0.0259. The van der Waals surface area contributed by atoms with Gasteiger partial charge in [0.25, 0.3) is 0 Å². The summed E-state index contributed by atoms with van der Waals surface area (Å²) in [7, 11) is 0. The van der Waals surface area contributed by atoms with Crippen molar-refractivity contribution in [3.05, 3.63) is 0 Å². The normalized spacial score (nSPS) is 27.5. The van der Waals surface area contributed by atoms with Crippen molar-refractivity contribution in [2.45, 2.75) is 91.9 Å². The molecule has 2 nitrogen and oxygen atoms in total. The van der Waals surface area contributed by atoms with Crippen LogP contribution in [-0.4, -0.2) is 23.8 Å². The molecular formula is C17H35NO. The van der Waals surface area contributed by atoms with E-state index in [9.17, 15) is 0 Å². The Morgan fingerprint density at radius 1 is 1.21 bits per heavy atom. The monoisotopic (exact) mass is 269 g/mol. The largest absolute Gasteiger partial charge is 0.369 e. The zero-order valence-corrected chi connectivity index (χ0v) is 14.4. The minimum atomic E-state index is 0.0259. The lowest BCUT2D eigenvalue weighted by molar-refractivity contribution is -0.0756. The maximum absolute atomic E-state index is 6.21. The maximum atomic E-state index is 6.21. The van der Waals surface area contributed by atoms with Gasteiger partial charge in [-0.25, -0.2) is 0 Å². The molecule has 1 aliphatic heterocycles. The summed E-state index contributed by atoms with van der Waals surface area (Å²) < 4.78 is 6.21. The van der Waals surface area contributed by atoms with E-state index in [0.29, 0.717) is 17.4 Å². The predicted octanol–water partition coefficient (Wildman–Crippen LogP) is 4.38. The lowest BCUT2D eigenvalue weighted by Gasteiger charge is -2.34. The summed E-state index contributed by atoms with van der Waals surface area (Å²) in [5.74, 6) is 0.672. The Kier molecular flexibility index (Phi) is 5.12. The van der Waals surface area contributed by atoms with Crippen LogP contribution in [0.1, 0.15) is 74.7 Å². The molecule has 0 amide bonds. The van der Waals surface area contributed by atoms with Gasteiger partial charge in [-0.3, -0.25) is 0 Å². The highest BCUT2D eigenvalue weighted by Crippen LogP contribution is 2.44. The molecule has 2 atom stereocenters. The first-order valence-electron chi connectivity index (χ1n) is 7.91. The molecule has 19 heavy (non-hydrogen) atoms. The zero-order valence-electron chi connectivity index (χ0n) is 14.4. The van der Waals surface area contributed by atoms with E-state index in [4.69, 9.17) is 4.74 Å². The van der Waals surface area contributed by atoms with Gasteiger partial charge in [0.1, 0.15) is 0 Å². The molecule has 0 radical (unpaired) electrons. The van der Waals surface area contributed by atoms with Crippen LogP contribution < -0.4 is 5.32 Å². The van der Waals surface area contributed by atoms with Crippen LogP contribution in [0.2, 0.25) is 0 Å². The molecule has 0 aromatic carbocycles. The molecule has 0 bridgehead atoms. The van der Waals surface area contributed by atoms with E-state index in [1.54, 1.807) is 0 Å². The standard InChI is InChI=1S/C17H35NO/c1-9-18-14(15(2,3)4)11-10-13-12-16(5,6)19-17(13,7)8/h13-14,18H,9-12H2,1-8H3. The number of hydrogen-bond acceptors (Lipinski definition) is 2. The van der Waals surface area contributed by atoms with Crippen molar-refractivity contribution >= 4 is 0 Å². The minimum Gasteiger partial charge on any atom is -0.369 e. The van der Waals surface area contributed by atoms with E-state index in [1.807, 2.05) is 0 Å². The quantitative estimate of drug-likeness (QED) is 0.799. The van der Waals surface area contributed by atoms with Gasteiger partial charge >= 0.3 is 0 Å². The third-order valence-corrected chi connectivity index (χ3v) is 4.56. The van der Waals surface area contributed by atoms with Crippen molar-refractivity contribution in [2.75, 3.05) is 6.54 Å². The molecule has 0 spiro atoms. The van der Waals surface area contributed by atoms with Gasteiger partial charge in [0.2, 0.25) is 0 Å². The Morgan fingerprint density at radius 3 is 2.16 bits per heavy atom. The maximum Gasteiger partial charge on any atom is 0.0662 e. The molecule has 1 rings (SSSR count). The van der Waals surface area contributed by atoms with Crippen molar-refractivity contribution < 1.29 is 4.74 Å². The number of nitrogens with one attached hydrogen (secondary N) is 1. The lowest BCUT2D eigenvalue weighted by atomic mass is 9.78. The average Bonchev–Trinajstić information content (AvgIpc) is 2.39. The van der Waals surface area contributed by atoms with Gasteiger partial charge in [0.05, 0.1) is 11.2 Å². The molecule has 2 unspecified atom stereocenters. The molecule has 0 aromatic heterocycles. The molecule has 0 saturated carbocycles. The molecule has 0 aliphatic carbocycles. The SMILES string of the molecule is CCNC(CCC1CC(C)(C)OC1(C)C)C(C)(C)C. The van der Waals surface area contributed by atoms with Crippen LogP contribution in [0, 0.1) is 11.3 Å². The fraction of sp³-hybridized carbons (Fsp3) is 1.00. The molecular weight excluding hydrogens is 234 g/mol. The Labute approximate surface area is 120 Å². The Hall–Kier alpha value is -0.0800. The average molecular weight is 269 g/mol. The van der Waals surface area contributed by atoms with Gasteiger partial charge in [0.15, 0.2) is 0 Å². The van der Waals surface area contributed by atoms with Crippen molar-refractivity contribution in [1.29, 1.82) is 0 Å². The van der Waals surface area contributed by atoms with Crippen LogP contribution in [0.15, 0.2) is 0 Å². The lowest BCUT2D eigenvalue weighted by Crippen LogP contribution is -2.41. The fourth-order valence-corrected chi connectivity index (χ4v) is 3.58. The molecule has 1 heterocycles. The summed E-state index contributed by atoms with van der Waals surface area (Å²) in [4.78, 5) is 0. The summed E-state index contributed by atoms with van der Waals surface area (Å²) in [5, 5.41) is 3.65. The van der Waals surface area contributed by atoms with Crippen molar-refractivity contribution in [1.82, 2.24) is 5.32 Å². The summed E-state index contributed by atoms with van der Waals surface area (Å²) in [6.07, 6.45) is 3.68. The second-order valence-electron chi connectivity index (χ2n) is 8.42. The molecule has 1 saturated heterocycles. The number of ether oxygens (including phenoxy) is 1. The molecule has 2 heteroatoms. The van der Waals surface area contributed by atoms with Crippen LogP contribution in [0.3, 0.4) is 0 Å². The number of rotatable bonds is 5. The van der Waals surface area contributed by atoms with Crippen LogP contribution in [0.25, 0.3) is 0 Å². The third-order valence-electron chi connectivity index (χ3n) is 4.56.